The van der Waals surface area contributed by atoms with E-state index in [1.54, 1.807) is 4.40 Å². The van der Waals surface area contributed by atoms with Crippen LogP contribution in [0.3, 0.4) is 0 Å². The van der Waals surface area contributed by atoms with Crippen molar-refractivity contribution in [1.82, 2.24) is 0 Å². The van der Waals surface area contributed by atoms with Crippen LogP contribution in [0.1, 0.15) is 5.56 Å². The van der Waals surface area contributed by atoms with Crippen molar-refractivity contribution in [3.8, 4) is 0 Å². The van der Waals surface area contributed by atoms with Crippen molar-refractivity contribution < 1.29 is 0 Å². The molecule has 1 aromatic carbocycles. The minimum atomic E-state index is 0.182. The molecule has 0 aliphatic rings. The fourth-order valence-electron chi connectivity index (χ4n) is 0.720. The largest absolute Gasteiger partial charge is 0.794 e. The fraction of sp³-hybridized carbons (Fsp3) is 0.400. The zero-order valence-electron chi connectivity index (χ0n) is 8.13. The van der Waals surface area contributed by atoms with Crippen molar-refractivity contribution in [2.45, 2.75) is 12.7 Å². The van der Waals surface area contributed by atoms with E-state index in [9.17, 15) is 0 Å². The normalized spacial score (nSPS) is 8.92. The van der Waals surface area contributed by atoms with Crippen LogP contribution in [0, 0.1) is 6.92 Å². The molecule has 1 rings (SSSR count). The van der Waals surface area contributed by atoms with Crippen molar-refractivity contribution in [3.63, 3.8) is 0 Å². The van der Waals surface area contributed by atoms with Crippen molar-refractivity contribution in [2.75, 3.05) is 12.3 Å². The standard InChI is InChI=1S/C8H10Ge.C2H6NS/c1-7-3-5-8(9-2)6-4-7;3-1-2-4/h3-6H,1-2H3;3-4H,1-2H2/q;-1/p-1. The number of hydrogen-bond donors (Lipinski definition) is 0. The van der Waals surface area contributed by atoms with Gasteiger partial charge in [-0.3, -0.25) is 0 Å². The van der Waals surface area contributed by atoms with Gasteiger partial charge in [0, 0.05) is 0 Å². The summed E-state index contributed by atoms with van der Waals surface area (Å²) in [4.78, 5) is 0. The van der Waals surface area contributed by atoms with Gasteiger partial charge in [-0.1, -0.05) is 0 Å². The van der Waals surface area contributed by atoms with Gasteiger partial charge in [0.2, 0.25) is 0 Å². The molecule has 0 aliphatic heterocycles. The smallest absolute Gasteiger partial charge is 0.174 e. The number of nitrogens with one attached hydrogen (secondary N) is 1. The van der Waals surface area contributed by atoms with Crippen molar-refractivity contribution in [2.24, 2.45) is 0 Å². The molecule has 0 atom stereocenters. The molecule has 2 radical (unpaired) electrons. The third kappa shape index (κ3) is 7.17. The van der Waals surface area contributed by atoms with Crippen LogP contribution in [-0.2, 0) is 12.6 Å². The SMILES string of the molecule is [CH3][Ge][c]1ccc(C)cc1.[NH-]CC[S-]. The van der Waals surface area contributed by atoms with Gasteiger partial charge in [-0.05, 0) is 0 Å². The minimum Gasteiger partial charge on any atom is -0.794 e. The Labute approximate surface area is 93.0 Å². The monoisotopic (exact) mass is 255 g/mol. The van der Waals surface area contributed by atoms with Crippen LogP contribution >= 0.6 is 0 Å². The molecule has 1 N–H and O–H groups in total. The van der Waals surface area contributed by atoms with E-state index < -0.39 is 0 Å². The van der Waals surface area contributed by atoms with Crippen LogP contribution in [0.4, 0.5) is 0 Å². The molecule has 0 fully saturated rings. The van der Waals surface area contributed by atoms with E-state index in [0.29, 0.717) is 12.3 Å². The second-order valence-corrected chi connectivity index (χ2v) is 5.24. The van der Waals surface area contributed by atoms with Gasteiger partial charge in [0.05, 0.1) is 0 Å². The van der Waals surface area contributed by atoms with Gasteiger partial charge < -0.3 is 18.4 Å². The molecule has 3 heteroatoms. The summed E-state index contributed by atoms with van der Waals surface area (Å²) in [7, 11) is 0. The summed E-state index contributed by atoms with van der Waals surface area (Å²) in [5, 5.41) is 0. The predicted molar refractivity (Wildman–Crippen MR) is 63.9 cm³/mol. The van der Waals surface area contributed by atoms with E-state index in [2.05, 4.69) is 49.6 Å². The Hall–Kier alpha value is 0.0729. The Balaban J connectivity index is 0.000000310. The molecule has 0 bridgehead atoms. The van der Waals surface area contributed by atoms with Crippen molar-refractivity contribution >= 4 is 32.5 Å². The molecule has 0 heterocycles. The molecule has 13 heavy (non-hydrogen) atoms. The minimum absolute atomic E-state index is 0.182. The molecular weight excluding hydrogens is 239 g/mol. The Kier molecular flexibility index (Phi) is 8.71. The quantitative estimate of drug-likeness (QED) is 0.584. The molecule has 72 valence electrons. The third-order valence-electron chi connectivity index (χ3n) is 1.44. The molecule has 1 aromatic rings. The fourth-order valence-corrected chi connectivity index (χ4v) is 1.77. The summed E-state index contributed by atoms with van der Waals surface area (Å²) < 4.78 is 1.54. The first-order chi connectivity index (χ1) is 6.24. The summed E-state index contributed by atoms with van der Waals surface area (Å²) in [6.45, 7) is 2.51. The Morgan fingerprint density at radius 3 is 2.08 bits per heavy atom. The van der Waals surface area contributed by atoms with Crippen LogP contribution in [0.2, 0.25) is 5.76 Å². The van der Waals surface area contributed by atoms with Gasteiger partial charge in [-0.2, -0.15) is 12.3 Å². The average molecular weight is 254 g/mol. The maximum absolute atomic E-state index is 6.35. The third-order valence-corrected chi connectivity index (χ3v) is 3.56. The molecule has 0 saturated heterocycles. The topological polar surface area (TPSA) is 23.8 Å². The van der Waals surface area contributed by atoms with Crippen molar-refractivity contribution in [3.05, 3.63) is 35.6 Å². The van der Waals surface area contributed by atoms with E-state index in [1.165, 1.54) is 5.56 Å². The van der Waals surface area contributed by atoms with E-state index in [1.807, 2.05) is 0 Å². The first-order valence-corrected chi connectivity index (χ1v) is 7.94. The van der Waals surface area contributed by atoms with Crippen molar-refractivity contribution in [1.29, 1.82) is 0 Å². The number of rotatable bonds is 2. The predicted octanol–water partition coefficient (Wildman–Crippen LogP) is 1.96. The first-order valence-electron chi connectivity index (χ1n) is 4.21. The van der Waals surface area contributed by atoms with Gasteiger partial charge in [0.25, 0.3) is 0 Å². The first kappa shape index (κ1) is 13.1. The summed E-state index contributed by atoms with van der Waals surface area (Å²) in [6, 6.07) is 8.83. The molecular formula is C10H15GeNS-2. The Morgan fingerprint density at radius 1 is 1.31 bits per heavy atom. The maximum atomic E-state index is 6.35. The van der Waals surface area contributed by atoms with E-state index in [0.717, 1.165) is 0 Å². The van der Waals surface area contributed by atoms with Gasteiger partial charge in [0.15, 0.2) is 0 Å². The van der Waals surface area contributed by atoms with Crippen LogP contribution in [0.15, 0.2) is 24.3 Å². The molecule has 0 spiro atoms. The molecule has 0 unspecified atom stereocenters. The second kappa shape index (κ2) is 8.66. The van der Waals surface area contributed by atoms with E-state index in [-0.39, 0.29) is 15.4 Å². The summed E-state index contributed by atoms with van der Waals surface area (Å²) in [5.41, 5.74) is 7.71. The van der Waals surface area contributed by atoms with Gasteiger partial charge in [-0.25, -0.2) is 0 Å². The number of aryl methyl sites for hydroxylation is 1. The van der Waals surface area contributed by atoms with Gasteiger partial charge in [0.1, 0.15) is 0 Å². The Bertz CT molecular complexity index is 209. The molecule has 0 amide bonds. The average Bonchev–Trinajstić information content (AvgIpc) is 2.19. The summed E-state index contributed by atoms with van der Waals surface area (Å²) in [6.07, 6.45) is 0. The van der Waals surface area contributed by atoms with E-state index >= 15 is 0 Å². The van der Waals surface area contributed by atoms with Crippen LogP contribution in [0.5, 0.6) is 0 Å². The molecule has 0 aliphatic carbocycles. The maximum Gasteiger partial charge on any atom is -0.174 e. The molecule has 1 nitrogen and oxygen atoms in total. The van der Waals surface area contributed by atoms with Crippen LogP contribution < -0.4 is 4.40 Å². The molecule has 0 saturated carbocycles. The summed E-state index contributed by atoms with van der Waals surface area (Å²) in [5.74, 6) is 2.87. The van der Waals surface area contributed by atoms with E-state index in [4.69, 9.17) is 5.73 Å². The zero-order valence-corrected chi connectivity index (χ0v) is 11.0. The van der Waals surface area contributed by atoms with Gasteiger partial charge >= 0.3 is 62.3 Å². The Morgan fingerprint density at radius 2 is 1.77 bits per heavy atom. The zero-order chi connectivity index (χ0) is 10.1. The number of hydrogen-bond acceptors (Lipinski definition) is 1. The molecule has 0 aromatic heterocycles. The second-order valence-electron chi connectivity index (χ2n) is 2.57. The van der Waals surface area contributed by atoms with Crippen LogP contribution in [-0.4, -0.2) is 27.7 Å². The van der Waals surface area contributed by atoms with Gasteiger partial charge in [-0.15, -0.1) is 0 Å². The van der Waals surface area contributed by atoms with Crippen LogP contribution in [0.25, 0.3) is 5.73 Å². The summed E-state index contributed by atoms with van der Waals surface area (Å²) >= 11 is 4.55. The number of benzene rings is 1.